The summed E-state index contributed by atoms with van der Waals surface area (Å²) in [5.41, 5.74) is 7.76. The third-order valence-corrected chi connectivity index (χ3v) is 2.61. The summed E-state index contributed by atoms with van der Waals surface area (Å²) in [4.78, 5) is 10.5. The van der Waals surface area contributed by atoms with E-state index in [-0.39, 0.29) is 6.61 Å². The first-order chi connectivity index (χ1) is 7.91. The summed E-state index contributed by atoms with van der Waals surface area (Å²) in [6.45, 7) is 6.25. The molecule has 0 radical (unpaired) electrons. The maximum absolute atomic E-state index is 10.5. The van der Waals surface area contributed by atoms with Crippen LogP contribution in [0.25, 0.3) is 0 Å². The predicted molar refractivity (Wildman–Crippen MR) is 66.4 cm³/mol. The van der Waals surface area contributed by atoms with Crippen molar-refractivity contribution in [2.24, 2.45) is 5.73 Å². The second kappa shape index (κ2) is 5.68. The van der Waals surface area contributed by atoms with Crippen molar-refractivity contribution in [2.45, 2.75) is 32.7 Å². The Morgan fingerprint density at radius 3 is 2.59 bits per heavy atom. The molecule has 0 saturated heterocycles. The van der Waals surface area contributed by atoms with Gasteiger partial charge in [0.1, 0.15) is 18.4 Å². The molecule has 94 valence electrons. The van der Waals surface area contributed by atoms with E-state index in [0.717, 1.165) is 5.56 Å². The number of aryl methyl sites for hydroxylation is 1. The summed E-state index contributed by atoms with van der Waals surface area (Å²) >= 11 is 0. The highest BCUT2D eigenvalue weighted by atomic mass is 16.5. The van der Waals surface area contributed by atoms with Gasteiger partial charge in [0.25, 0.3) is 0 Å². The number of carbonyl (C=O) groups is 1. The van der Waals surface area contributed by atoms with E-state index in [1.807, 2.05) is 25.1 Å². The van der Waals surface area contributed by atoms with Crippen LogP contribution < -0.4 is 10.5 Å². The Morgan fingerprint density at radius 2 is 2.12 bits per heavy atom. The van der Waals surface area contributed by atoms with Crippen molar-refractivity contribution < 1.29 is 14.6 Å². The molecule has 0 fully saturated rings. The lowest BCUT2D eigenvalue weighted by Crippen LogP contribution is -2.36. The summed E-state index contributed by atoms with van der Waals surface area (Å²) in [5.74, 6) is 0.0643. The molecule has 4 nitrogen and oxygen atoms in total. The molecule has 0 heterocycles. The van der Waals surface area contributed by atoms with E-state index in [4.69, 9.17) is 15.6 Å². The Kier molecular flexibility index (Phi) is 4.52. The van der Waals surface area contributed by atoms with Crippen LogP contribution in [0, 0.1) is 6.92 Å². The minimum absolute atomic E-state index is 0.0181. The Balaban J connectivity index is 2.68. The molecule has 0 spiro atoms. The van der Waals surface area contributed by atoms with Crippen LogP contribution in [0.5, 0.6) is 5.75 Å². The van der Waals surface area contributed by atoms with Crippen LogP contribution >= 0.6 is 0 Å². The second-order valence-corrected chi connectivity index (χ2v) is 4.43. The minimum atomic E-state index is -1.06. The van der Waals surface area contributed by atoms with Gasteiger partial charge < -0.3 is 15.6 Å². The number of nitrogens with two attached hydrogens (primary N) is 1. The molecule has 3 N–H and O–H groups in total. The zero-order chi connectivity index (χ0) is 13.0. The van der Waals surface area contributed by atoms with Crippen molar-refractivity contribution in [3.05, 3.63) is 29.3 Å². The molecule has 0 amide bonds. The van der Waals surface area contributed by atoms with Crippen molar-refractivity contribution >= 4 is 5.97 Å². The first-order valence-corrected chi connectivity index (χ1v) is 5.63. The molecule has 4 heteroatoms. The van der Waals surface area contributed by atoms with Gasteiger partial charge in [-0.1, -0.05) is 19.9 Å². The van der Waals surface area contributed by atoms with Crippen LogP contribution in [0.1, 0.15) is 30.9 Å². The highest BCUT2D eigenvalue weighted by molar-refractivity contribution is 5.73. The fourth-order valence-electron chi connectivity index (χ4n) is 1.64. The lowest BCUT2D eigenvalue weighted by Gasteiger charge is -2.13. The van der Waals surface area contributed by atoms with Crippen LogP contribution in [0.2, 0.25) is 0 Å². The van der Waals surface area contributed by atoms with Crippen molar-refractivity contribution in [3.8, 4) is 5.75 Å². The molecule has 1 aromatic carbocycles. The lowest BCUT2D eigenvalue weighted by molar-refractivity contribution is -0.139. The van der Waals surface area contributed by atoms with Crippen molar-refractivity contribution in [3.63, 3.8) is 0 Å². The molecule has 0 bridgehead atoms. The standard InChI is InChI=1S/C13H19NO3/c1-8(2)11-5-4-10(6-9(11)3)17-7-12(14)13(15)16/h4-6,8,12H,7,14H2,1-3H3,(H,15,16). The third-order valence-electron chi connectivity index (χ3n) is 2.61. The second-order valence-electron chi connectivity index (χ2n) is 4.43. The van der Waals surface area contributed by atoms with E-state index in [1.54, 1.807) is 0 Å². The monoisotopic (exact) mass is 237 g/mol. The Hall–Kier alpha value is -1.55. The van der Waals surface area contributed by atoms with Crippen LogP contribution in [-0.2, 0) is 4.79 Å². The average molecular weight is 237 g/mol. The summed E-state index contributed by atoms with van der Waals surface area (Å²) < 4.78 is 5.34. The Bertz CT molecular complexity index is 402. The zero-order valence-electron chi connectivity index (χ0n) is 10.4. The minimum Gasteiger partial charge on any atom is -0.491 e. The molecular formula is C13H19NO3. The van der Waals surface area contributed by atoms with E-state index in [9.17, 15) is 4.79 Å². The van der Waals surface area contributed by atoms with E-state index < -0.39 is 12.0 Å². The van der Waals surface area contributed by atoms with Crippen molar-refractivity contribution in [1.29, 1.82) is 0 Å². The molecular weight excluding hydrogens is 218 g/mol. The number of aliphatic carboxylic acids is 1. The SMILES string of the molecule is Cc1cc(OCC(N)C(=O)O)ccc1C(C)C. The number of hydrogen-bond donors (Lipinski definition) is 2. The predicted octanol–water partition coefficient (Wildman–Crippen LogP) is 1.91. The Morgan fingerprint density at radius 1 is 1.47 bits per heavy atom. The van der Waals surface area contributed by atoms with Crippen molar-refractivity contribution in [2.75, 3.05) is 6.61 Å². The zero-order valence-corrected chi connectivity index (χ0v) is 10.4. The smallest absolute Gasteiger partial charge is 0.324 e. The van der Waals surface area contributed by atoms with E-state index in [0.29, 0.717) is 11.7 Å². The van der Waals surface area contributed by atoms with Gasteiger partial charge in [-0.3, -0.25) is 4.79 Å². The van der Waals surface area contributed by atoms with E-state index in [1.165, 1.54) is 5.56 Å². The van der Waals surface area contributed by atoms with Gasteiger partial charge in [0.2, 0.25) is 0 Å². The molecule has 1 atom stereocenters. The molecule has 0 aliphatic rings. The van der Waals surface area contributed by atoms with Gasteiger partial charge >= 0.3 is 5.97 Å². The molecule has 0 aromatic heterocycles. The van der Waals surface area contributed by atoms with Gasteiger partial charge in [-0.15, -0.1) is 0 Å². The maximum atomic E-state index is 10.5. The molecule has 17 heavy (non-hydrogen) atoms. The van der Waals surface area contributed by atoms with E-state index >= 15 is 0 Å². The van der Waals surface area contributed by atoms with E-state index in [2.05, 4.69) is 13.8 Å². The normalized spacial score (nSPS) is 12.5. The molecule has 0 aliphatic carbocycles. The van der Waals surface area contributed by atoms with Gasteiger partial charge in [-0.25, -0.2) is 0 Å². The highest BCUT2D eigenvalue weighted by Gasteiger charge is 2.12. The van der Waals surface area contributed by atoms with Crippen molar-refractivity contribution in [1.82, 2.24) is 0 Å². The van der Waals surface area contributed by atoms with Gasteiger partial charge in [0.15, 0.2) is 0 Å². The fourth-order valence-corrected chi connectivity index (χ4v) is 1.64. The number of rotatable bonds is 5. The van der Waals surface area contributed by atoms with Gasteiger partial charge in [-0.05, 0) is 36.1 Å². The van der Waals surface area contributed by atoms with Crippen LogP contribution in [0.15, 0.2) is 18.2 Å². The summed E-state index contributed by atoms with van der Waals surface area (Å²) in [7, 11) is 0. The van der Waals surface area contributed by atoms with Crippen LogP contribution in [0.4, 0.5) is 0 Å². The number of ether oxygens (including phenoxy) is 1. The molecule has 1 unspecified atom stereocenters. The topological polar surface area (TPSA) is 72.5 Å². The van der Waals surface area contributed by atoms with Gasteiger partial charge in [0, 0.05) is 0 Å². The van der Waals surface area contributed by atoms with Gasteiger partial charge in [0.05, 0.1) is 0 Å². The molecule has 0 aliphatic heterocycles. The summed E-state index contributed by atoms with van der Waals surface area (Å²) in [6.07, 6.45) is 0. The first-order valence-electron chi connectivity index (χ1n) is 5.63. The number of hydrogen-bond acceptors (Lipinski definition) is 3. The number of carboxylic acid groups (broad SMARTS) is 1. The first kappa shape index (κ1) is 13.5. The highest BCUT2D eigenvalue weighted by Crippen LogP contribution is 2.23. The van der Waals surface area contributed by atoms with Crippen LogP contribution in [0.3, 0.4) is 0 Å². The van der Waals surface area contributed by atoms with Gasteiger partial charge in [-0.2, -0.15) is 0 Å². The Labute approximate surface area is 101 Å². The fraction of sp³-hybridized carbons (Fsp3) is 0.462. The molecule has 0 saturated carbocycles. The summed E-state index contributed by atoms with van der Waals surface area (Å²) in [6, 6.07) is 4.77. The summed E-state index contributed by atoms with van der Waals surface area (Å²) in [5, 5.41) is 8.63. The molecule has 1 rings (SSSR count). The van der Waals surface area contributed by atoms with Crippen LogP contribution in [-0.4, -0.2) is 23.7 Å². The number of carboxylic acids is 1. The third kappa shape index (κ3) is 3.75. The largest absolute Gasteiger partial charge is 0.491 e. The maximum Gasteiger partial charge on any atom is 0.324 e. The molecule has 1 aromatic rings. The number of benzene rings is 1. The average Bonchev–Trinajstić information content (AvgIpc) is 2.25. The lowest BCUT2D eigenvalue weighted by atomic mass is 9.98. The quantitative estimate of drug-likeness (QED) is 0.820.